The van der Waals surface area contributed by atoms with Gasteiger partial charge in [-0.3, -0.25) is 9.59 Å². The minimum absolute atomic E-state index is 0.0451. The highest BCUT2D eigenvalue weighted by Gasteiger charge is 2.46. The molecule has 5 nitrogen and oxygen atoms in total. The summed E-state index contributed by atoms with van der Waals surface area (Å²) >= 11 is 1.46. The van der Waals surface area contributed by atoms with Crippen LogP contribution in [-0.4, -0.2) is 43.4 Å². The fraction of sp³-hybridized carbons (Fsp3) is 0.676. The van der Waals surface area contributed by atoms with Crippen molar-refractivity contribution >= 4 is 37.5 Å². The van der Waals surface area contributed by atoms with Gasteiger partial charge in [0.1, 0.15) is 11.9 Å². The Bertz CT molecular complexity index is 1260. The first-order chi connectivity index (χ1) is 20.0. The third-order valence-electron chi connectivity index (χ3n) is 9.52. The molecule has 1 aromatic rings. The molecular formula is C34H52F3NO4SSi. The summed E-state index contributed by atoms with van der Waals surface area (Å²) in [6.45, 7) is 23.4. The number of carbonyl (C=O) groups is 2. The first-order valence-corrected chi connectivity index (χ1v) is 19.2. The molecule has 5 atom stereocenters. The van der Waals surface area contributed by atoms with Crippen LogP contribution in [0.15, 0.2) is 34.8 Å². The number of ketones is 1. The number of Topliss-reactive ketones (excluding diaryl/α,β-unsaturated/α-hetero) is 1. The van der Waals surface area contributed by atoms with Crippen molar-refractivity contribution in [1.82, 2.24) is 4.98 Å². The number of hydrogen-bond acceptors (Lipinski definition) is 6. The highest BCUT2D eigenvalue weighted by Crippen LogP contribution is 2.42. The third kappa shape index (κ3) is 9.98. The van der Waals surface area contributed by atoms with Crippen LogP contribution in [0.2, 0.25) is 18.1 Å². The van der Waals surface area contributed by atoms with Crippen LogP contribution in [0.1, 0.15) is 92.3 Å². The summed E-state index contributed by atoms with van der Waals surface area (Å²) in [7, 11) is -2.35. The van der Waals surface area contributed by atoms with Crippen molar-refractivity contribution in [1.29, 1.82) is 0 Å². The van der Waals surface area contributed by atoms with Crippen molar-refractivity contribution < 1.29 is 31.9 Å². The van der Waals surface area contributed by atoms with Gasteiger partial charge in [-0.25, -0.2) is 4.98 Å². The zero-order valence-corrected chi connectivity index (χ0v) is 30.3. The molecule has 1 aliphatic heterocycles. The van der Waals surface area contributed by atoms with E-state index in [1.807, 2.05) is 46.9 Å². The SMILES string of the molecule is C/C(=C\c1csc(C)n1)C1C/C=C(/C(F)(F)F)C/C=C/[C@H](C)[C@H](O[Si](C)(C)C(C)(C)C)C(C)C(=O)C(C)(C)[C@@H](C)CC(=O)O1. The molecule has 0 aromatic carbocycles. The number of ether oxygens (including phenoxy) is 1. The molecule has 0 saturated heterocycles. The molecule has 0 spiro atoms. The Morgan fingerprint density at radius 2 is 1.77 bits per heavy atom. The van der Waals surface area contributed by atoms with Gasteiger partial charge >= 0.3 is 12.1 Å². The number of nitrogens with zero attached hydrogens (tertiary/aromatic N) is 1. The maximum atomic E-state index is 14.2. The van der Waals surface area contributed by atoms with Crippen LogP contribution >= 0.6 is 11.3 Å². The predicted octanol–water partition coefficient (Wildman–Crippen LogP) is 9.89. The van der Waals surface area contributed by atoms with E-state index in [9.17, 15) is 22.8 Å². The van der Waals surface area contributed by atoms with Crippen LogP contribution in [0.4, 0.5) is 13.2 Å². The molecule has 0 radical (unpaired) electrons. The highest BCUT2D eigenvalue weighted by molar-refractivity contribution is 7.09. The van der Waals surface area contributed by atoms with E-state index in [2.05, 4.69) is 38.8 Å². The van der Waals surface area contributed by atoms with E-state index in [1.54, 1.807) is 19.1 Å². The third-order valence-corrected chi connectivity index (χ3v) is 14.8. The molecule has 2 unspecified atom stereocenters. The number of halogens is 3. The highest BCUT2D eigenvalue weighted by atomic mass is 32.1. The molecule has 44 heavy (non-hydrogen) atoms. The second-order valence-electron chi connectivity index (χ2n) is 14.4. The summed E-state index contributed by atoms with van der Waals surface area (Å²) in [5.41, 5.74) is -0.343. The molecule has 0 aliphatic carbocycles. The summed E-state index contributed by atoms with van der Waals surface area (Å²) in [5, 5.41) is 2.57. The largest absolute Gasteiger partial charge is 0.457 e. The minimum atomic E-state index is -4.56. The first kappa shape index (κ1) is 38.1. The number of hydrogen-bond donors (Lipinski definition) is 0. The Kier molecular flexibility index (Phi) is 12.6. The summed E-state index contributed by atoms with van der Waals surface area (Å²) < 4.78 is 55.1. The number of rotatable bonds is 4. The number of thiazole rings is 1. The molecule has 10 heteroatoms. The lowest BCUT2D eigenvalue weighted by atomic mass is 9.69. The van der Waals surface area contributed by atoms with Crippen LogP contribution in [-0.2, 0) is 18.8 Å². The van der Waals surface area contributed by atoms with Gasteiger partial charge in [-0.1, -0.05) is 73.6 Å². The Morgan fingerprint density at radius 3 is 2.30 bits per heavy atom. The maximum absolute atomic E-state index is 14.2. The molecule has 0 fully saturated rings. The maximum Gasteiger partial charge on any atom is 0.412 e. The van der Waals surface area contributed by atoms with E-state index in [0.29, 0.717) is 11.3 Å². The van der Waals surface area contributed by atoms with Gasteiger partial charge in [0, 0.05) is 35.1 Å². The zero-order chi connectivity index (χ0) is 33.8. The van der Waals surface area contributed by atoms with Gasteiger partial charge in [0.05, 0.1) is 16.8 Å². The summed E-state index contributed by atoms with van der Waals surface area (Å²) in [6.07, 6.45) is -0.405. The van der Waals surface area contributed by atoms with Gasteiger partial charge in [-0.15, -0.1) is 11.3 Å². The Morgan fingerprint density at radius 1 is 1.16 bits per heavy atom. The number of aromatic nitrogens is 1. The van der Waals surface area contributed by atoms with Crippen molar-refractivity contribution in [2.75, 3.05) is 0 Å². The summed E-state index contributed by atoms with van der Waals surface area (Å²) in [4.78, 5) is 31.8. The van der Waals surface area contributed by atoms with Gasteiger partial charge in [-0.2, -0.15) is 13.2 Å². The second-order valence-corrected chi connectivity index (χ2v) is 20.3. The Labute approximate surface area is 267 Å². The molecular weight excluding hydrogens is 604 g/mol. The van der Waals surface area contributed by atoms with Crippen molar-refractivity contribution in [3.05, 3.63) is 45.5 Å². The molecule has 2 rings (SSSR count). The van der Waals surface area contributed by atoms with E-state index in [4.69, 9.17) is 9.16 Å². The number of carbonyl (C=O) groups excluding carboxylic acids is 2. The fourth-order valence-corrected chi connectivity index (χ4v) is 7.08. The zero-order valence-electron chi connectivity index (χ0n) is 28.5. The van der Waals surface area contributed by atoms with E-state index in [1.165, 1.54) is 17.4 Å². The van der Waals surface area contributed by atoms with Crippen LogP contribution < -0.4 is 0 Å². The average Bonchev–Trinajstić information content (AvgIpc) is 3.29. The van der Waals surface area contributed by atoms with Crippen LogP contribution in [0.25, 0.3) is 6.08 Å². The minimum Gasteiger partial charge on any atom is -0.457 e. The second kappa shape index (κ2) is 14.6. The molecule has 0 bridgehead atoms. The molecule has 0 N–H and O–H groups in total. The van der Waals surface area contributed by atoms with Crippen LogP contribution in [0.3, 0.4) is 0 Å². The summed E-state index contributed by atoms with van der Waals surface area (Å²) in [5.74, 6) is -1.86. The lowest BCUT2D eigenvalue weighted by molar-refractivity contribution is -0.150. The molecule has 0 amide bonds. The molecule has 248 valence electrons. The van der Waals surface area contributed by atoms with Crippen molar-refractivity contribution in [3.63, 3.8) is 0 Å². The number of aryl methyl sites for hydroxylation is 1. The summed E-state index contributed by atoms with van der Waals surface area (Å²) in [6, 6.07) is 0. The molecule has 1 aliphatic rings. The van der Waals surface area contributed by atoms with E-state index in [-0.39, 0.29) is 41.9 Å². The first-order valence-electron chi connectivity index (χ1n) is 15.4. The molecule has 0 saturated carbocycles. The lowest BCUT2D eigenvalue weighted by Gasteiger charge is -2.43. The smallest absolute Gasteiger partial charge is 0.412 e. The van der Waals surface area contributed by atoms with Crippen molar-refractivity contribution in [2.24, 2.45) is 23.2 Å². The topological polar surface area (TPSA) is 65.5 Å². The molecule has 1 aromatic heterocycles. The van der Waals surface area contributed by atoms with Gasteiger partial charge in [0.25, 0.3) is 0 Å². The van der Waals surface area contributed by atoms with Gasteiger partial charge < -0.3 is 9.16 Å². The lowest BCUT2D eigenvalue weighted by Crippen LogP contribution is -2.50. The standard InChI is InChI=1S/C34H52F3NO4SSi/c1-21-14-13-15-26(34(35,36)37)16-17-28(22(2)18-27-20-43-25(5)38-27)41-29(39)19-23(3)33(9,10)31(40)24(4)30(21)42-44(11,12)32(6,7)8/h13-14,16,18,20-21,23-24,28,30H,15,17,19H2,1-12H3/b14-13+,22-18+,26-16+/t21-,23-,24?,28?,30-/m0/s1. The van der Waals surface area contributed by atoms with Crippen LogP contribution in [0.5, 0.6) is 0 Å². The van der Waals surface area contributed by atoms with Gasteiger partial charge in [0.15, 0.2) is 8.32 Å². The number of alkyl halides is 3. The van der Waals surface area contributed by atoms with E-state index in [0.717, 1.165) is 11.1 Å². The average molecular weight is 656 g/mol. The fourth-order valence-electron chi connectivity index (χ4n) is 5.06. The number of allylic oxidation sites excluding steroid dienone is 2. The molecule has 2 heterocycles. The Hall–Kier alpha value is -2.04. The van der Waals surface area contributed by atoms with Crippen molar-refractivity contribution in [3.8, 4) is 0 Å². The normalized spacial score (nSPS) is 29.1. The van der Waals surface area contributed by atoms with Gasteiger partial charge in [0.2, 0.25) is 0 Å². The Balaban J connectivity index is 2.61. The number of esters is 1. The van der Waals surface area contributed by atoms with E-state index < -0.39 is 49.6 Å². The van der Waals surface area contributed by atoms with E-state index >= 15 is 0 Å². The van der Waals surface area contributed by atoms with Crippen molar-refractivity contribution in [2.45, 2.75) is 125 Å². The monoisotopic (exact) mass is 655 g/mol. The quantitative estimate of drug-likeness (QED) is 0.184. The van der Waals surface area contributed by atoms with Crippen LogP contribution in [0, 0.1) is 30.1 Å². The number of cyclic esters (lactones) is 1. The predicted molar refractivity (Wildman–Crippen MR) is 176 cm³/mol. The van der Waals surface area contributed by atoms with Gasteiger partial charge in [-0.05, 0) is 61.9 Å².